The van der Waals surface area contributed by atoms with E-state index in [9.17, 15) is 20.2 Å². The van der Waals surface area contributed by atoms with Crippen molar-refractivity contribution in [1.29, 1.82) is 0 Å². The Hall–Kier alpha value is -3.17. The minimum absolute atomic E-state index is 0.0142. The van der Waals surface area contributed by atoms with Crippen LogP contribution < -0.4 is 5.32 Å². The molecule has 1 saturated heterocycles. The van der Waals surface area contributed by atoms with Gasteiger partial charge in [-0.15, -0.1) is 0 Å². The number of hydrogen-bond donors (Lipinski definition) is 1. The van der Waals surface area contributed by atoms with E-state index >= 15 is 0 Å². The highest BCUT2D eigenvalue weighted by Gasteiger charge is 2.25. The molecule has 0 spiro atoms. The van der Waals surface area contributed by atoms with E-state index in [1.807, 2.05) is 0 Å². The molecule has 0 amide bonds. The van der Waals surface area contributed by atoms with Gasteiger partial charge >= 0.3 is 0 Å². The number of hydrogen-bond acceptors (Lipinski definition) is 7. The van der Waals surface area contributed by atoms with Crippen LogP contribution >= 0.6 is 0 Å². The van der Waals surface area contributed by atoms with E-state index in [0.29, 0.717) is 6.54 Å². The fourth-order valence-corrected chi connectivity index (χ4v) is 2.99. The summed E-state index contributed by atoms with van der Waals surface area (Å²) in [7, 11) is 0. The zero-order valence-electron chi connectivity index (χ0n) is 14.5. The van der Waals surface area contributed by atoms with E-state index < -0.39 is 9.85 Å². The second kappa shape index (κ2) is 8.47. The van der Waals surface area contributed by atoms with Crippen LogP contribution in [0.5, 0.6) is 0 Å². The third-order valence-corrected chi connectivity index (χ3v) is 4.38. The fourth-order valence-electron chi connectivity index (χ4n) is 2.99. The normalized spacial score (nSPS) is 17.4. The second-order valence-corrected chi connectivity index (χ2v) is 6.13. The molecule has 2 aromatic rings. The molecule has 0 aromatic heterocycles. The van der Waals surface area contributed by atoms with Crippen molar-refractivity contribution in [2.75, 3.05) is 26.2 Å². The van der Waals surface area contributed by atoms with Crippen LogP contribution in [-0.4, -0.2) is 47.1 Å². The molecular weight excluding hydrogens is 350 g/mol. The van der Waals surface area contributed by atoms with Gasteiger partial charge in [0.25, 0.3) is 11.4 Å². The summed E-state index contributed by atoms with van der Waals surface area (Å²) in [6.45, 7) is 3.03. The lowest BCUT2D eigenvalue weighted by Crippen LogP contribution is -2.29. The Bertz CT molecular complexity index is 836. The van der Waals surface area contributed by atoms with Crippen LogP contribution in [-0.2, 0) is 0 Å². The number of nitro benzene ring substituents is 2. The Balaban J connectivity index is 1.55. The molecule has 2 aromatic carbocycles. The summed E-state index contributed by atoms with van der Waals surface area (Å²) in [5.74, 6) is 0. The molecule has 0 saturated carbocycles. The maximum Gasteiger partial charge on any atom is 0.269 e. The molecule has 9 heteroatoms. The molecule has 9 nitrogen and oxygen atoms in total. The largest absolute Gasteiger partial charge is 0.297 e. The van der Waals surface area contributed by atoms with Gasteiger partial charge in [-0.25, -0.2) is 0 Å². The van der Waals surface area contributed by atoms with Crippen molar-refractivity contribution in [2.24, 2.45) is 4.99 Å². The molecule has 0 bridgehead atoms. The van der Waals surface area contributed by atoms with Gasteiger partial charge in [0, 0.05) is 50.1 Å². The van der Waals surface area contributed by atoms with Crippen LogP contribution in [0.4, 0.5) is 11.4 Å². The average molecular weight is 369 g/mol. The number of nitrogens with one attached hydrogen (secondary N) is 1. The molecule has 27 heavy (non-hydrogen) atoms. The molecule has 0 radical (unpaired) electrons. The van der Waals surface area contributed by atoms with Gasteiger partial charge in [0.15, 0.2) is 0 Å². The number of non-ortho nitro benzene ring substituents is 2. The van der Waals surface area contributed by atoms with Crippen molar-refractivity contribution >= 4 is 17.6 Å². The third kappa shape index (κ3) is 4.72. The van der Waals surface area contributed by atoms with Crippen molar-refractivity contribution in [2.45, 2.75) is 6.17 Å². The molecule has 3 rings (SSSR count). The van der Waals surface area contributed by atoms with Crippen molar-refractivity contribution in [3.8, 4) is 0 Å². The van der Waals surface area contributed by atoms with Gasteiger partial charge in [0.1, 0.15) is 0 Å². The van der Waals surface area contributed by atoms with Gasteiger partial charge in [0.05, 0.1) is 22.6 Å². The number of nitrogens with zero attached hydrogens (tertiary/aromatic N) is 4. The predicted molar refractivity (Wildman–Crippen MR) is 101 cm³/mol. The van der Waals surface area contributed by atoms with E-state index in [0.717, 1.165) is 30.8 Å². The first kappa shape index (κ1) is 18.6. The van der Waals surface area contributed by atoms with E-state index in [1.54, 1.807) is 30.5 Å². The van der Waals surface area contributed by atoms with Gasteiger partial charge in [-0.1, -0.05) is 0 Å². The third-order valence-electron chi connectivity index (χ3n) is 4.38. The van der Waals surface area contributed by atoms with Crippen molar-refractivity contribution in [3.05, 3.63) is 79.9 Å². The van der Waals surface area contributed by atoms with Crippen LogP contribution in [0.1, 0.15) is 17.3 Å². The lowest BCUT2D eigenvalue weighted by atomic mass is 10.1. The Morgan fingerprint density at radius 3 is 2.22 bits per heavy atom. The Labute approximate surface area is 155 Å². The average Bonchev–Trinajstić information content (AvgIpc) is 3.14. The van der Waals surface area contributed by atoms with Crippen LogP contribution in [0.2, 0.25) is 0 Å². The molecule has 1 aliphatic heterocycles. The van der Waals surface area contributed by atoms with Crippen LogP contribution in [0.3, 0.4) is 0 Å². The minimum atomic E-state index is -0.431. The second-order valence-electron chi connectivity index (χ2n) is 6.13. The number of nitro groups is 2. The van der Waals surface area contributed by atoms with Gasteiger partial charge in [0.2, 0.25) is 0 Å². The Kier molecular flexibility index (Phi) is 5.84. The summed E-state index contributed by atoms with van der Waals surface area (Å²) in [5, 5.41) is 24.8. The molecule has 1 unspecified atom stereocenters. The van der Waals surface area contributed by atoms with E-state index in [4.69, 9.17) is 0 Å². The lowest BCUT2D eigenvalue weighted by molar-refractivity contribution is -0.385. The number of benzene rings is 2. The first-order valence-corrected chi connectivity index (χ1v) is 8.50. The minimum Gasteiger partial charge on any atom is -0.297 e. The van der Waals surface area contributed by atoms with Crippen molar-refractivity contribution in [3.63, 3.8) is 0 Å². The van der Waals surface area contributed by atoms with Gasteiger partial charge in [-0.05, 0) is 35.4 Å². The van der Waals surface area contributed by atoms with Crippen LogP contribution in [0.25, 0.3) is 0 Å². The summed E-state index contributed by atoms with van der Waals surface area (Å²) < 4.78 is 0. The van der Waals surface area contributed by atoms with E-state index in [-0.39, 0.29) is 17.5 Å². The zero-order valence-corrected chi connectivity index (χ0v) is 14.5. The SMILES string of the molecule is O=[N+]([O-])c1ccc(C=NCCN2CCNC2c2ccc([N+](=O)[O-])cc2)cc1. The predicted octanol–water partition coefficient (Wildman–Crippen LogP) is 2.53. The summed E-state index contributed by atoms with van der Waals surface area (Å²) in [4.78, 5) is 27.2. The van der Waals surface area contributed by atoms with E-state index in [2.05, 4.69) is 15.2 Å². The van der Waals surface area contributed by atoms with Gasteiger partial charge in [-0.3, -0.25) is 35.4 Å². The molecule has 1 fully saturated rings. The summed E-state index contributed by atoms with van der Waals surface area (Å²) in [5.41, 5.74) is 1.93. The van der Waals surface area contributed by atoms with Gasteiger partial charge in [-0.2, -0.15) is 0 Å². The maximum absolute atomic E-state index is 10.8. The highest BCUT2D eigenvalue weighted by Crippen LogP contribution is 2.23. The maximum atomic E-state index is 10.8. The molecular formula is C18H19N5O4. The smallest absolute Gasteiger partial charge is 0.269 e. The fraction of sp³-hybridized carbons (Fsp3) is 0.278. The lowest BCUT2D eigenvalue weighted by Gasteiger charge is -2.23. The standard InChI is InChI=1S/C18H19N5O4/c24-22(25)16-5-1-14(2-6-16)13-19-9-11-21-12-10-20-18(21)15-3-7-17(8-4-15)23(26)27/h1-8,13,18,20H,9-12H2. The molecule has 1 atom stereocenters. The van der Waals surface area contributed by atoms with Gasteiger partial charge < -0.3 is 0 Å². The Morgan fingerprint density at radius 2 is 1.63 bits per heavy atom. The summed E-state index contributed by atoms with van der Waals surface area (Å²) >= 11 is 0. The topological polar surface area (TPSA) is 114 Å². The molecule has 1 aliphatic rings. The van der Waals surface area contributed by atoms with Crippen molar-refractivity contribution < 1.29 is 9.85 Å². The van der Waals surface area contributed by atoms with Crippen LogP contribution in [0.15, 0.2) is 53.5 Å². The number of aliphatic imine (C=N–C) groups is 1. The number of rotatable bonds is 7. The zero-order chi connectivity index (χ0) is 19.2. The summed E-state index contributed by atoms with van der Waals surface area (Å²) in [6, 6.07) is 12.8. The Morgan fingerprint density at radius 1 is 1.04 bits per heavy atom. The molecule has 0 aliphatic carbocycles. The van der Waals surface area contributed by atoms with Crippen LogP contribution in [0, 0.1) is 20.2 Å². The van der Waals surface area contributed by atoms with Crippen molar-refractivity contribution in [1.82, 2.24) is 10.2 Å². The molecule has 1 N–H and O–H groups in total. The summed E-state index contributed by atoms with van der Waals surface area (Å²) in [6.07, 6.45) is 1.72. The first-order valence-electron chi connectivity index (χ1n) is 8.50. The van der Waals surface area contributed by atoms with E-state index in [1.165, 1.54) is 24.3 Å². The highest BCUT2D eigenvalue weighted by molar-refractivity contribution is 5.79. The molecule has 140 valence electrons. The molecule has 1 heterocycles. The quantitative estimate of drug-likeness (QED) is 0.456. The first-order chi connectivity index (χ1) is 13.0. The monoisotopic (exact) mass is 369 g/mol. The highest BCUT2D eigenvalue weighted by atomic mass is 16.6.